The van der Waals surface area contributed by atoms with E-state index >= 15 is 0 Å². The first-order valence-corrected chi connectivity index (χ1v) is 8.78. The fourth-order valence-electron chi connectivity index (χ4n) is 1.87. The van der Waals surface area contributed by atoms with Crippen molar-refractivity contribution >= 4 is 37.6 Å². The van der Waals surface area contributed by atoms with Crippen LogP contribution in [0, 0.1) is 0 Å². The molecule has 0 saturated heterocycles. The number of rotatable bonds is 4. The lowest BCUT2D eigenvalue weighted by Gasteiger charge is -2.26. The van der Waals surface area contributed by atoms with E-state index in [9.17, 15) is 8.42 Å². The van der Waals surface area contributed by atoms with Gasteiger partial charge in [0.15, 0.2) is 0 Å². The van der Waals surface area contributed by atoms with Gasteiger partial charge >= 0.3 is 0 Å². The summed E-state index contributed by atoms with van der Waals surface area (Å²) in [6.45, 7) is 3.60. The number of hydrogen-bond acceptors (Lipinski definition) is 3. The van der Waals surface area contributed by atoms with Gasteiger partial charge in [0.1, 0.15) is 5.15 Å². The van der Waals surface area contributed by atoms with Crippen LogP contribution in [-0.2, 0) is 15.6 Å². The SMILES string of the molecule is CC(C)(NS(=O)(=O)c1ccnc(Cl)c1)c1ccc(Br)cc1. The van der Waals surface area contributed by atoms with Crippen molar-refractivity contribution in [2.24, 2.45) is 0 Å². The molecule has 2 aromatic rings. The summed E-state index contributed by atoms with van der Waals surface area (Å²) < 4.78 is 28.5. The number of pyridine rings is 1. The molecular formula is C14H14BrClN2O2S. The summed E-state index contributed by atoms with van der Waals surface area (Å²) in [5.41, 5.74) is 0.101. The van der Waals surface area contributed by atoms with Gasteiger partial charge in [-0.25, -0.2) is 18.1 Å². The van der Waals surface area contributed by atoms with Crippen LogP contribution in [0.1, 0.15) is 19.4 Å². The van der Waals surface area contributed by atoms with Gasteiger partial charge in [0.25, 0.3) is 0 Å². The topological polar surface area (TPSA) is 59.1 Å². The fraction of sp³-hybridized carbons (Fsp3) is 0.214. The minimum Gasteiger partial charge on any atom is -0.244 e. The summed E-state index contributed by atoms with van der Waals surface area (Å²) in [6, 6.07) is 10.2. The molecule has 0 fully saturated rings. The molecule has 0 radical (unpaired) electrons. The van der Waals surface area contributed by atoms with E-state index in [1.807, 2.05) is 24.3 Å². The van der Waals surface area contributed by atoms with Crippen molar-refractivity contribution < 1.29 is 8.42 Å². The first-order valence-electron chi connectivity index (χ1n) is 6.12. The Morgan fingerprint density at radius 3 is 2.38 bits per heavy atom. The molecule has 0 aliphatic rings. The second kappa shape index (κ2) is 6.04. The maximum absolute atomic E-state index is 12.4. The fourth-order valence-corrected chi connectivity index (χ4v) is 3.79. The minimum absolute atomic E-state index is 0.0905. The zero-order chi connectivity index (χ0) is 15.7. The van der Waals surface area contributed by atoms with Crippen LogP contribution in [0.25, 0.3) is 0 Å². The third-order valence-corrected chi connectivity index (χ3v) is 5.35. The molecule has 112 valence electrons. The lowest BCUT2D eigenvalue weighted by atomic mass is 9.96. The number of nitrogens with zero attached hydrogens (tertiary/aromatic N) is 1. The molecule has 0 bridgehead atoms. The van der Waals surface area contributed by atoms with Crippen LogP contribution in [0.3, 0.4) is 0 Å². The van der Waals surface area contributed by atoms with Crippen molar-refractivity contribution in [1.29, 1.82) is 0 Å². The maximum Gasteiger partial charge on any atom is 0.241 e. The standard InChI is InChI=1S/C14H14BrClN2O2S/c1-14(2,10-3-5-11(15)6-4-10)18-21(19,20)12-7-8-17-13(16)9-12/h3-9,18H,1-2H3. The van der Waals surface area contributed by atoms with Crippen molar-refractivity contribution in [2.75, 3.05) is 0 Å². The molecule has 1 N–H and O–H groups in total. The highest BCUT2D eigenvalue weighted by Crippen LogP contribution is 2.25. The van der Waals surface area contributed by atoms with Gasteiger partial charge in [-0.2, -0.15) is 0 Å². The number of halogens is 2. The number of sulfonamides is 1. The highest BCUT2D eigenvalue weighted by molar-refractivity contribution is 9.10. The molecule has 7 heteroatoms. The Labute approximate surface area is 137 Å². The van der Waals surface area contributed by atoms with Crippen LogP contribution < -0.4 is 4.72 Å². The van der Waals surface area contributed by atoms with E-state index in [-0.39, 0.29) is 10.0 Å². The molecule has 0 aliphatic heterocycles. The van der Waals surface area contributed by atoms with E-state index in [0.29, 0.717) is 0 Å². The molecule has 0 spiro atoms. The molecule has 0 amide bonds. The van der Waals surface area contributed by atoms with Crippen LogP contribution in [0.15, 0.2) is 52.0 Å². The normalized spacial score (nSPS) is 12.4. The molecule has 1 aromatic heterocycles. The molecule has 0 unspecified atom stereocenters. The summed E-state index contributed by atoms with van der Waals surface area (Å²) in [6.07, 6.45) is 1.36. The van der Waals surface area contributed by atoms with Crippen molar-refractivity contribution in [2.45, 2.75) is 24.3 Å². The molecule has 4 nitrogen and oxygen atoms in total. The monoisotopic (exact) mass is 388 g/mol. The second-order valence-corrected chi connectivity index (χ2v) is 8.04. The van der Waals surface area contributed by atoms with Crippen LogP contribution in [0.5, 0.6) is 0 Å². The van der Waals surface area contributed by atoms with Gasteiger partial charge in [-0.3, -0.25) is 0 Å². The largest absolute Gasteiger partial charge is 0.244 e. The van der Waals surface area contributed by atoms with Crippen molar-refractivity contribution in [3.63, 3.8) is 0 Å². The zero-order valence-electron chi connectivity index (χ0n) is 11.5. The molecule has 2 rings (SSSR count). The molecule has 0 aliphatic carbocycles. The molecule has 21 heavy (non-hydrogen) atoms. The van der Waals surface area contributed by atoms with Crippen LogP contribution in [0.2, 0.25) is 5.15 Å². The van der Waals surface area contributed by atoms with Gasteiger partial charge in [-0.1, -0.05) is 39.7 Å². The molecular weight excluding hydrogens is 376 g/mol. The Bertz CT molecular complexity index is 746. The Morgan fingerprint density at radius 1 is 1.19 bits per heavy atom. The van der Waals surface area contributed by atoms with Gasteiger partial charge < -0.3 is 0 Å². The van der Waals surface area contributed by atoms with E-state index < -0.39 is 15.6 Å². The van der Waals surface area contributed by atoms with Crippen LogP contribution in [0.4, 0.5) is 0 Å². The van der Waals surface area contributed by atoms with E-state index in [1.165, 1.54) is 18.3 Å². The van der Waals surface area contributed by atoms with E-state index in [1.54, 1.807) is 13.8 Å². The maximum atomic E-state index is 12.4. The van der Waals surface area contributed by atoms with Gasteiger partial charge in [0.05, 0.1) is 10.4 Å². The van der Waals surface area contributed by atoms with Gasteiger partial charge in [0.2, 0.25) is 10.0 Å². The van der Waals surface area contributed by atoms with Crippen molar-refractivity contribution in [3.05, 3.63) is 57.8 Å². The molecule has 1 aromatic carbocycles. The van der Waals surface area contributed by atoms with Crippen LogP contribution in [-0.4, -0.2) is 13.4 Å². The Morgan fingerprint density at radius 2 is 1.81 bits per heavy atom. The van der Waals surface area contributed by atoms with Gasteiger partial charge in [-0.05, 0) is 43.7 Å². The third kappa shape index (κ3) is 4.03. The second-order valence-electron chi connectivity index (χ2n) is 5.05. The lowest BCUT2D eigenvalue weighted by molar-refractivity contribution is 0.472. The first-order chi connectivity index (χ1) is 9.71. The number of benzene rings is 1. The Balaban J connectivity index is 2.32. The van der Waals surface area contributed by atoms with Gasteiger partial charge in [-0.15, -0.1) is 0 Å². The number of aromatic nitrogens is 1. The van der Waals surface area contributed by atoms with Crippen LogP contribution >= 0.6 is 27.5 Å². The van der Waals surface area contributed by atoms with Crippen molar-refractivity contribution in [1.82, 2.24) is 9.71 Å². The van der Waals surface area contributed by atoms with E-state index in [2.05, 4.69) is 25.6 Å². The smallest absolute Gasteiger partial charge is 0.241 e. The summed E-state index contributed by atoms with van der Waals surface area (Å²) in [7, 11) is -3.68. The third-order valence-electron chi connectivity index (χ3n) is 2.96. The molecule has 1 heterocycles. The predicted molar refractivity (Wildman–Crippen MR) is 86.7 cm³/mol. The average Bonchev–Trinajstić information content (AvgIpc) is 2.38. The zero-order valence-corrected chi connectivity index (χ0v) is 14.6. The summed E-state index contributed by atoms with van der Waals surface area (Å²) in [4.78, 5) is 3.88. The highest BCUT2D eigenvalue weighted by atomic mass is 79.9. The predicted octanol–water partition coefficient (Wildman–Crippen LogP) is 3.71. The number of nitrogens with one attached hydrogen (secondary N) is 1. The molecule has 0 saturated carbocycles. The summed E-state index contributed by atoms with van der Waals surface area (Å²) in [5, 5.41) is 0.138. The first kappa shape index (κ1) is 16.4. The summed E-state index contributed by atoms with van der Waals surface area (Å²) in [5.74, 6) is 0. The average molecular weight is 390 g/mol. The Kier molecular flexibility index (Phi) is 4.72. The molecule has 0 atom stereocenters. The Hall–Kier alpha value is -0.950. The highest BCUT2D eigenvalue weighted by Gasteiger charge is 2.28. The minimum atomic E-state index is -3.68. The quantitative estimate of drug-likeness (QED) is 0.811. The van der Waals surface area contributed by atoms with Crippen molar-refractivity contribution in [3.8, 4) is 0 Å². The van der Waals surface area contributed by atoms with Gasteiger partial charge in [0, 0.05) is 10.7 Å². The van der Waals surface area contributed by atoms with E-state index in [0.717, 1.165) is 10.0 Å². The lowest BCUT2D eigenvalue weighted by Crippen LogP contribution is -2.40. The number of hydrogen-bond donors (Lipinski definition) is 1. The summed E-state index contributed by atoms with van der Waals surface area (Å²) >= 11 is 9.11. The van der Waals surface area contributed by atoms with E-state index in [4.69, 9.17) is 11.6 Å².